The molecule has 1 aromatic heterocycles. The van der Waals surface area contributed by atoms with Crippen LogP contribution in [0.15, 0.2) is 58.8 Å². The Morgan fingerprint density at radius 3 is 2.82 bits per heavy atom. The van der Waals surface area contributed by atoms with Gasteiger partial charge in [-0.2, -0.15) is 5.10 Å². The van der Waals surface area contributed by atoms with Crippen molar-refractivity contribution in [3.05, 3.63) is 54.1 Å². The van der Waals surface area contributed by atoms with E-state index in [2.05, 4.69) is 20.7 Å². The van der Waals surface area contributed by atoms with Gasteiger partial charge in [0, 0.05) is 12.6 Å². The largest absolute Gasteiger partial charge is 0.504 e. The SMILES string of the molecule is COc1cc(/C=N\NC(=O)CSc2nnc(-c3ccccc3)n2C)ccc1O. The average molecular weight is 397 g/mol. The lowest BCUT2D eigenvalue weighted by atomic mass is 10.2. The molecule has 0 bridgehead atoms. The molecule has 0 saturated heterocycles. The minimum Gasteiger partial charge on any atom is -0.504 e. The highest BCUT2D eigenvalue weighted by atomic mass is 32.2. The molecule has 0 aliphatic rings. The lowest BCUT2D eigenvalue weighted by molar-refractivity contribution is -0.118. The summed E-state index contributed by atoms with van der Waals surface area (Å²) in [4.78, 5) is 12.0. The third-order valence-electron chi connectivity index (χ3n) is 3.81. The minimum absolute atomic E-state index is 0.0404. The van der Waals surface area contributed by atoms with Crippen LogP contribution in [0.4, 0.5) is 0 Å². The molecule has 8 nitrogen and oxygen atoms in total. The summed E-state index contributed by atoms with van der Waals surface area (Å²) >= 11 is 1.28. The van der Waals surface area contributed by atoms with Crippen molar-refractivity contribution in [1.82, 2.24) is 20.2 Å². The number of amides is 1. The molecule has 28 heavy (non-hydrogen) atoms. The minimum atomic E-state index is -0.267. The van der Waals surface area contributed by atoms with Crippen LogP contribution in [0.25, 0.3) is 11.4 Å². The number of rotatable bonds is 7. The zero-order valence-corrected chi connectivity index (χ0v) is 16.2. The number of thioether (sulfide) groups is 1. The molecule has 0 saturated carbocycles. The predicted molar refractivity (Wildman–Crippen MR) is 108 cm³/mol. The number of benzene rings is 2. The number of phenols is 1. The Balaban J connectivity index is 1.54. The summed E-state index contributed by atoms with van der Waals surface area (Å²) in [6.07, 6.45) is 1.47. The van der Waals surface area contributed by atoms with Gasteiger partial charge in [0.25, 0.3) is 5.91 Å². The van der Waals surface area contributed by atoms with E-state index in [-0.39, 0.29) is 17.4 Å². The van der Waals surface area contributed by atoms with Gasteiger partial charge < -0.3 is 14.4 Å². The summed E-state index contributed by atoms with van der Waals surface area (Å²) in [5.74, 6) is 0.997. The van der Waals surface area contributed by atoms with E-state index in [1.807, 2.05) is 41.9 Å². The Morgan fingerprint density at radius 1 is 1.29 bits per heavy atom. The monoisotopic (exact) mass is 397 g/mol. The second-order valence-electron chi connectivity index (χ2n) is 5.74. The summed E-state index contributed by atoms with van der Waals surface area (Å²) in [6, 6.07) is 14.5. The van der Waals surface area contributed by atoms with Gasteiger partial charge >= 0.3 is 0 Å². The average Bonchev–Trinajstić information content (AvgIpc) is 3.08. The number of aromatic nitrogens is 3. The molecular weight excluding hydrogens is 378 g/mol. The topological polar surface area (TPSA) is 102 Å². The van der Waals surface area contributed by atoms with Crippen LogP contribution in [0.1, 0.15) is 5.56 Å². The Bertz CT molecular complexity index is 988. The maximum absolute atomic E-state index is 12.0. The molecule has 3 aromatic rings. The first-order chi connectivity index (χ1) is 13.6. The molecule has 0 unspecified atom stereocenters. The van der Waals surface area contributed by atoms with E-state index in [0.717, 1.165) is 11.4 Å². The number of hydrogen-bond acceptors (Lipinski definition) is 7. The second-order valence-corrected chi connectivity index (χ2v) is 6.69. The van der Waals surface area contributed by atoms with Gasteiger partial charge in [0.2, 0.25) is 0 Å². The molecule has 1 heterocycles. The number of nitrogens with zero attached hydrogens (tertiary/aromatic N) is 4. The number of nitrogens with one attached hydrogen (secondary N) is 1. The van der Waals surface area contributed by atoms with Gasteiger partial charge in [-0.25, -0.2) is 5.43 Å². The fourth-order valence-corrected chi connectivity index (χ4v) is 3.10. The van der Waals surface area contributed by atoms with Crippen molar-refractivity contribution in [2.75, 3.05) is 12.9 Å². The number of hydrogen-bond donors (Lipinski definition) is 2. The van der Waals surface area contributed by atoms with E-state index >= 15 is 0 Å². The molecular formula is C19H19N5O3S. The standard InChI is InChI=1S/C19H19N5O3S/c1-24-18(14-6-4-3-5-7-14)22-23-19(24)28-12-17(26)21-20-11-13-8-9-15(25)16(10-13)27-2/h3-11,25H,12H2,1-2H3,(H,21,26)/b20-11-. The van der Waals surface area contributed by atoms with Crippen LogP contribution in [-0.4, -0.2) is 44.9 Å². The summed E-state index contributed by atoms with van der Waals surface area (Å²) in [5, 5.41) is 22.5. The highest BCUT2D eigenvalue weighted by Gasteiger charge is 2.12. The smallest absolute Gasteiger partial charge is 0.250 e. The van der Waals surface area contributed by atoms with Crippen LogP contribution >= 0.6 is 11.8 Å². The van der Waals surface area contributed by atoms with Crippen molar-refractivity contribution in [2.24, 2.45) is 12.1 Å². The number of carbonyl (C=O) groups is 1. The normalized spacial score (nSPS) is 10.9. The van der Waals surface area contributed by atoms with Gasteiger partial charge in [0.05, 0.1) is 19.1 Å². The second kappa shape index (κ2) is 9.05. The van der Waals surface area contributed by atoms with Crippen LogP contribution in [0, 0.1) is 0 Å². The molecule has 2 N–H and O–H groups in total. The van der Waals surface area contributed by atoms with Gasteiger partial charge in [-0.3, -0.25) is 4.79 Å². The fraction of sp³-hybridized carbons (Fsp3) is 0.158. The third-order valence-corrected chi connectivity index (χ3v) is 4.83. The van der Waals surface area contributed by atoms with Crippen molar-refractivity contribution in [2.45, 2.75) is 5.16 Å². The third kappa shape index (κ3) is 4.68. The Morgan fingerprint density at radius 2 is 2.07 bits per heavy atom. The summed E-state index contributed by atoms with van der Waals surface area (Å²) in [6.45, 7) is 0. The summed E-state index contributed by atoms with van der Waals surface area (Å²) in [5.41, 5.74) is 4.10. The van der Waals surface area contributed by atoms with E-state index in [9.17, 15) is 9.90 Å². The highest BCUT2D eigenvalue weighted by Crippen LogP contribution is 2.25. The summed E-state index contributed by atoms with van der Waals surface area (Å²) < 4.78 is 6.87. The maximum Gasteiger partial charge on any atom is 0.250 e. The predicted octanol–water partition coefficient (Wildman–Crippen LogP) is 2.44. The molecule has 2 aromatic carbocycles. The van der Waals surface area contributed by atoms with Gasteiger partial charge in [-0.05, 0) is 23.8 Å². The first-order valence-electron chi connectivity index (χ1n) is 8.35. The van der Waals surface area contributed by atoms with Gasteiger partial charge in [0.1, 0.15) is 0 Å². The first-order valence-corrected chi connectivity index (χ1v) is 9.33. The van der Waals surface area contributed by atoms with E-state index in [4.69, 9.17) is 4.74 Å². The number of hydrazone groups is 1. The van der Waals surface area contributed by atoms with E-state index in [1.165, 1.54) is 31.2 Å². The molecule has 0 atom stereocenters. The summed E-state index contributed by atoms with van der Waals surface area (Å²) in [7, 11) is 3.32. The molecule has 144 valence electrons. The zero-order valence-electron chi connectivity index (χ0n) is 15.4. The molecule has 1 amide bonds. The lowest BCUT2D eigenvalue weighted by Crippen LogP contribution is -2.19. The molecule has 9 heteroatoms. The van der Waals surface area contributed by atoms with Crippen molar-refractivity contribution >= 4 is 23.9 Å². The van der Waals surface area contributed by atoms with Crippen LogP contribution in [0.3, 0.4) is 0 Å². The molecule has 0 aliphatic carbocycles. The molecule has 0 spiro atoms. The Labute approximate surface area is 166 Å². The van der Waals surface area contributed by atoms with Crippen LogP contribution in [0.2, 0.25) is 0 Å². The van der Waals surface area contributed by atoms with Gasteiger partial charge in [-0.1, -0.05) is 42.1 Å². The highest BCUT2D eigenvalue weighted by molar-refractivity contribution is 7.99. The quantitative estimate of drug-likeness (QED) is 0.361. The molecule has 3 rings (SSSR count). The molecule has 0 fully saturated rings. The van der Waals surface area contributed by atoms with Gasteiger partial charge in [-0.15, -0.1) is 10.2 Å². The molecule has 0 aliphatic heterocycles. The van der Waals surface area contributed by atoms with Crippen molar-refractivity contribution in [3.63, 3.8) is 0 Å². The van der Waals surface area contributed by atoms with Crippen LogP contribution in [0.5, 0.6) is 11.5 Å². The fourth-order valence-electron chi connectivity index (χ4n) is 2.39. The Kier molecular flexibility index (Phi) is 6.28. The van der Waals surface area contributed by atoms with Crippen LogP contribution < -0.4 is 10.2 Å². The number of aromatic hydroxyl groups is 1. The number of phenolic OH excluding ortho intramolecular Hbond substituents is 1. The van der Waals surface area contributed by atoms with E-state index in [1.54, 1.807) is 12.1 Å². The van der Waals surface area contributed by atoms with Gasteiger partial charge in [0.15, 0.2) is 22.5 Å². The number of ether oxygens (including phenoxy) is 1. The Hall–Kier alpha value is -3.33. The first kappa shape index (κ1) is 19.4. The lowest BCUT2D eigenvalue weighted by Gasteiger charge is -2.04. The number of methoxy groups -OCH3 is 1. The van der Waals surface area contributed by atoms with Crippen LogP contribution in [-0.2, 0) is 11.8 Å². The maximum atomic E-state index is 12.0. The zero-order chi connectivity index (χ0) is 19.9. The van der Waals surface area contributed by atoms with Crippen molar-refractivity contribution < 1.29 is 14.6 Å². The van der Waals surface area contributed by atoms with E-state index < -0.39 is 0 Å². The van der Waals surface area contributed by atoms with Crippen molar-refractivity contribution in [1.29, 1.82) is 0 Å². The number of carbonyl (C=O) groups excluding carboxylic acids is 1. The van der Waals surface area contributed by atoms with E-state index in [0.29, 0.717) is 16.5 Å². The van der Waals surface area contributed by atoms with Crippen molar-refractivity contribution in [3.8, 4) is 22.9 Å². The molecule has 0 radical (unpaired) electrons.